The number of aliphatic hydroxyl groups excluding tert-OH is 1. The minimum absolute atomic E-state index is 0.0536. The molecule has 2 rings (SSSR count). The molecule has 1 heterocycles. The van der Waals surface area contributed by atoms with Crippen molar-refractivity contribution in [1.29, 1.82) is 0 Å². The van der Waals surface area contributed by atoms with Crippen LogP contribution in [0, 0.1) is 12.7 Å². The molecule has 0 saturated carbocycles. The van der Waals surface area contributed by atoms with Gasteiger partial charge < -0.3 is 9.52 Å². The molecule has 0 fully saturated rings. The number of nitrogens with one attached hydrogen (secondary N) is 1. The first-order valence-corrected chi connectivity index (χ1v) is 7.79. The van der Waals surface area contributed by atoms with Crippen LogP contribution in [-0.2, 0) is 16.6 Å². The van der Waals surface area contributed by atoms with E-state index in [4.69, 9.17) is 9.52 Å². The number of halogens is 2. The van der Waals surface area contributed by atoms with Crippen molar-refractivity contribution in [2.45, 2.75) is 18.4 Å². The van der Waals surface area contributed by atoms with Gasteiger partial charge >= 0.3 is 0 Å². The maximum absolute atomic E-state index is 13.6. The predicted octanol–water partition coefficient (Wildman–Crippen LogP) is 2.78. The molecule has 2 N–H and O–H groups in total. The van der Waals surface area contributed by atoms with Gasteiger partial charge in [0, 0.05) is 6.07 Å². The van der Waals surface area contributed by atoms with E-state index in [1.54, 1.807) is 6.92 Å². The highest BCUT2D eigenvalue weighted by Gasteiger charge is 2.23. The Balaban J connectivity index is 2.40. The Kier molecular flexibility index (Phi) is 4.17. The Labute approximate surface area is 123 Å². The first kappa shape index (κ1) is 15.0. The largest absolute Gasteiger partial charge is 0.450 e. The summed E-state index contributed by atoms with van der Waals surface area (Å²) < 4.78 is 45.0. The Bertz CT molecular complexity index is 742. The van der Waals surface area contributed by atoms with Gasteiger partial charge in [-0.3, -0.25) is 4.72 Å². The van der Waals surface area contributed by atoms with Crippen molar-refractivity contribution >= 4 is 31.6 Å². The molecule has 20 heavy (non-hydrogen) atoms. The zero-order chi connectivity index (χ0) is 14.9. The number of hydrogen-bond donors (Lipinski definition) is 2. The first-order valence-electron chi connectivity index (χ1n) is 5.51. The van der Waals surface area contributed by atoms with Gasteiger partial charge in [0.05, 0.1) is 5.69 Å². The second-order valence-corrected chi connectivity index (χ2v) is 6.47. The Morgan fingerprint density at radius 1 is 1.40 bits per heavy atom. The fourth-order valence-electron chi connectivity index (χ4n) is 1.58. The van der Waals surface area contributed by atoms with Crippen LogP contribution < -0.4 is 4.72 Å². The summed E-state index contributed by atoms with van der Waals surface area (Å²) in [5.74, 6) is -0.594. The molecule has 0 atom stereocenters. The number of benzene rings is 1. The third-order valence-corrected chi connectivity index (χ3v) is 4.74. The molecule has 0 unspecified atom stereocenters. The van der Waals surface area contributed by atoms with Gasteiger partial charge in [-0.1, -0.05) is 6.07 Å². The minimum atomic E-state index is -4.01. The molecule has 0 aliphatic heterocycles. The van der Waals surface area contributed by atoms with Crippen molar-refractivity contribution < 1.29 is 22.3 Å². The maximum atomic E-state index is 13.6. The summed E-state index contributed by atoms with van der Waals surface area (Å²) in [6.07, 6.45) is 0. The number of aliphatic hydroxyl groups is 1. The van der Waals surface area contributed by atoms with Crippen molar-refractivity contribution in [3.8, 4) is 0 Å². The maximum Gasteiger partial charge on any atom is 0.266 e. The molecule has 0 spiro atoms. The standard InChI is InChI=1S/C12H11BrFNO4S/c1-7-2-3-9(14)10(4-7)15-20(17,18)11-5-8(6-16)19-12(11)13/h2-5,15-16H,6H2,1H3. The highest BCUT2D eigenvalue weighted by Crippen LogP contribution is 2.28. The van der Waals surface area contributed by atoms with E-state index in [0.717, 1.165) is 0 Å². The molecule has 1 aromatic heterocycles. The number of sulfonamides is 1. The second kappa shape index (κ2) is 5.55. The molecule has 8 heteroatoms. The quantitative estimate of drug-likeness (QED) is 0.875. The fourth-order valence-corrected chi connectivity index (χ4v) is 3.63. The molecule has 0 aliphatic carbocycles. The number of anilines is 1. The van der Waals surface area contributed by atoms with Crippen molar-refractivity contribution in [3.63, 3.8) is 0 Å². The highest BCUT2D eigenvalue weighted by molar-refractivity contribution is 9.10. The van der Waals surface area contributed by atoms with Crippen molar-refractivity contribution in [1.82, 2.24) is 0 Å². The summed E-state index contributed by atoms with van der Waals surface area (Å²) >= 11 is 2.95. The van der Waals surface area contributed by atoms with Crippen LogP contribution in [0.1, 0.15) is 11.3 Å². The van der Waals surface area contributed by atoms with E-state index in [0.29, 0.717) is 5.56 Å². The average Bonchev–Trinajstić information content (AvgIpc) is 2.76. The van der Waals surface area contributed by atoms with Crippen LogP contribution in [0.15, 0.2) is 38.2 Å². The smallest absolute Gasteiger partial charge is 0.266 e. The van der Waals surface area contributed by atoms with E-state index in [-0.39, 0.29) is 21.0 Å². The third kappa shape index (κ3) is 3.02. The Morgan fingerprint density at radius 2 is 2.10 bits per heavy atom. The summed E-state index contributed by atoms with van der Waals surface area (Å²) in [7, 11) is -4.01. The Morgan fingerprint density at radius 3 is 2.70 bits per heavy atom. The molecule has 5 nitrogen and oxygen atoms in total. The van der Waals surface area contributed by atoms with Crippen molar-refractivity contribution in [2.24, 2.45) is 0 Å². The molecule has 0 aliphatic rings. The van der Waals surface area contributed by atoms with Crippen LogP contribution in [0.25, 0.3) is 0 Å². The van der Waals surface area contributed by atoms with Gasteiger partial charge in [0.15, 0.2) is 4.67 Å². The van der Waals surface area contributed by atoms with Crippen LogP contribution in [0.2, 0.25) is 0 Å². The minimum Gasteiger partial charge on any atom is -0.450 e. The zero-order valence-corrected chi connectivity index (χ0v) is 12.8. The number of aryl methyl sites for hydroxylation is 1. The van der Waals surface area contributed by atoms with Crippen molar-refractivity contribution in [2.75, 3.05) is 4.72 Å². The summed E-state index contributed by atoms with van der Waals surface area (Å²) in [6, 6.07) is 5.26. The van der Waals surface area contributed by atoms with Gasteiger partial charge in [0.1, 0.15) is 23.1 Å². The molecule has 108 valence electrons. The average molecular weight is 364 g/mol. The van der Waals surface area contributed by atoms with Crippen LogP contribution in [0.5, 0.6) is 0 Å². The number of rotatable bonds is 4. The first-order chi connectivity index (χ1) is 9.33. The van der Waals surface area contributed by atoms with E-state index < -0.39 is 22.4 Å². The van der Waals surface area contributed by atoms with E-state index in [1.807, 2.05) is 0 Å². The summed E-state index contributed by atoms with van der Waals surface area (Å²) in [6.45, 7) is 1.28. The number of hydrogen-bond acceptors (Lipinski definition) is 4. The van der Waals surface area contributed by atoms with Gasteiger partial charge in [-0.15, -0.1) is 0 Å². The molecule has 1 aromatic carbocycles. The zero-order valence-electron chi connectivity index (χ0n) is 10.4. The van der Waals surface area contributed by atoms with Gasteiger partial charge in [0.25, 0.3) is 10.0 Å². The second-order valence-electron chi connectivity index (χ2n) is 4.10. The lowest BCUT2D eigenvalue weighted by molar-refractivity contribution is 0.245. The molecule has 0 saturated heterocycles. The lowest BCUT2D eigenvalue weighted by Gasteiger charge is -2.08. The molecule has 0 amide bonds. The van der Waals surface area contributed by atoms with E-state index in [2.05, 4.69) is 20.7 Å². The molecule has 0 bridgehead atoms. The molecular formula is C12H11BrFNO4S. The summed E-state index contributed by atoms with van der Waals surface area (Å²) in [5, 5.41) is 8.92. The van der Waals surface area contributed by atoms with Gasteiger partial charge in [-0.2, -0.15) is 0 Å². The predicted molar refractivity (Wildman–Crippen MR) is 74.3 cm³/mol. The molecule has 0 radical (unpaired) electrons. The third-order valence-electron chi connectivity index (χ3n) is 2.52. The van der Waals surface area contributed by atoms with Crippen LogP contribution >= 0.6 is 15.9 Å². The normalized spacial score (nSPS) is 11.6. The van der Waals surface area contributed by atoms with Gasteiger partial charge in [-0.05, 0) is 40.5 Å². The van der Waals surface area contributed by atoms with E-state index in [1.165, 1.54) is 24.3 Å². The van der Waals surface area contributed by atoms with Gasteiger partial charge in [0.2, 0.25) is 0 Å². The van der Waals surface area contributed by atoms with Crippen LogP contribution in [0.3, 0.4) is 0 Å². The molecular weight excluding hydrogens is 353 g/mol. The lowest BCUT2D eigenvalue weighted by Crippen LogP contribution is -2.13. The lowest BCUT2D eigenvalue weighted by atomic mass is 10.2. The van der Waals surface area contributed by atoms with Crippen LogP contribution in [-0.4, -0.2) is 13.5 Å². The van der Waals surface area contributed by atoms with Crippen LogP contribution in [0.4, 0.5) is 10.1 Å². The fraction of sp³-hybridized carbons (Fsp3) is 0.167. The number of furan rings is 1. The van der Waals surface area contributed by atoms with E-state index in [9.17, 15) is 12.8 Å². The summed E-state index contributed by atoms with van der Waals surface area (Å²) in [4.78, 5) is -0.206. The van der Waals surface area contributed by atoms with E-state index >= 15 is 0 Å². The SMILES string of the molecule is Cc1ccc(F)c(NS(=O)(=O)c2cc(CO)oc2Br)c1. The monoisotopic (exact) mass is 363 g/mol. The summed E-state index contributed by atoms with van der Waals surface area (Å²) in [5.41, 5.74) is 0.565. The van der Waals surface area contributed by atoms with Crippen molar-refractivity contribution in [3.05, 3.63) is 46.1 Å². The van der Waals surface area contributed by atoms with Gasteiger partial charge in [-0.25, -0.2) is 12.8 Å². The highest BCUT2D eigenvalue weighted by atomic mass is 79.9. The molecule has 2 aromatic rings. The Hall–Kier alpha value is -1.38. The topological polar surface area (TPSA) is 79.5 Å².